The lowest BCUT2D eigenvalue weighted by atomic mass is 10.2. The number of rotatable bonds is 9. The van der Waals surface area contributed by atoms with E-state index in [2.05, 4.69) is 20.6 Å². The van der Waals surface area contributed by atoms with Gasteiger partial charge in [-0.3, -0.25) is 4.99 Å². The number of hydrogen-bond donors (Lipinski definition) is 2. The van der Waals surface area contributed by atoms with Gasteiger partial charge in [-0.1, -0.05) is 13.0 Å². The van der Waals surface area contributed by atoms with Crippen LogP contribution in [0.1, 0.15) is 32.3 Å². The molecule has 2 N–H and O–H groups in total. The fourth-order valence-corrected chi connectivity index (χ4v) is 2.67. The van der Waals surface area contributed by atoms with Crippen molar-refractivity contribution in [1.82, 2.24) is 15.6 Å². The minimum Gasteiger partial charge on any atom is -0.478 e. The van der Waals surface area contributed by atoms with Crippen LogP contribution in [0.2, 0.25) is 0 Å². The van der Waals surface area contributed by atoms with E-state index in [1.165, 1.54) is 6.26 Å². The van der Waals surface area contributed by atoms with Gasteiger partial charge in [-0.25, -0.2) is 13.4 Å². The molecule has 0 aromatic carbocycles. The van der Waals surface area contributed by atoms with Gasteiger partial charge in [0.15, 0.2) is 5.96 Å². The van der Waals surface area contributed by atoms with E-state index in [1.807, 2.05) is 26.0 Å². The summed E-state index contributed by atoms with van der Waals surface area (Å²) >= 11 is 0. The summed E-state index contributed by atoms with van der Waals surface area (Å²) in [7, 11) is -1.27. The minimum atomic E-state index is -2.95. The van der Waals surface area contributed by atoms with Gasteiger partial charge in [-0.05, 0) is 25.3 Å². The van der Waals surface area contributed by atoms with Crippen LogP contribution in [0.4, 0.5) is 0 Å². The van der Waals surface area contributed by atoms with Crippen molar-refractivity contribution in [2.45, 2.75) is 39.3 Å². The zero-order valence-electron chi connectivity index (χ0n) is 14.9. The Hall–Kier alpha value is -1.83. The molecule has 1 aromatic rings. The molecular formula is C16H28N4O3S. The highest BCUT2D eigenvalue weighted by Gasteiger charge is 2.09. The summed E-state index contributed by atoms with van der Waals surface area (Å²) in [5.41, 5.74) is 1.01. The van der Waals surface area contributed by atoms with Crippen molar-refractivity contribution in [3.8, 4) is 5.88 Å². The molecule has 8 heteroatoms. The number of pyridine rings is 1. The van der Waals surface area contributed by atoms with Gasteiger partial charge in [0.1, 0.15) is 9.84 Å². The summed E-state index contributed by atoms with van der Waals surface area (Å²) in [5.74, 6) is 1.40. The molecular weight excluding hydrogens is 328 g/mol. The van der Waals surface area contributed by atoms with E-state index in [0.717, 1.165) is 12.0 Å². The van der Waals surface area contributed by atoms with Crippen molar-refractivity contribution in [3.63, 3.8) is 0 Å². The molecule has 0 bridgehead atoms. The first-order valence-corrected chi connectivity index (χ1v) is 10.1. The van der Waals surface area contributed by atoms with Crippen LogP contribution < -0.4 is 15.4 Å². The Balaban J connectivity index is 2.43. The molecule has 0 aliphatic carbocycles. The Morgan fingerprint density at radius 1 is 1.42 bits per heavy atom. The average molecular weight is 356 g/mol. The lowest BCUT2D eigenvalue weighted by molar-refractivity contribution is 0.305. The first-order chi connectivity index (χ1) is 11.3. The SMILES string of the molecule is CCCOc1ccc(CNC(=NC)NC(C)CCS(C)(=O)=O)cn1. The smallest absolute Gasteiger partial charge is 0.213 e. The van der Waals surface area contributed by atoms with Crippen LogP contribution in [0, 0.1) is 0 Å². The lowest BCUT2D eigenvalue weighted by Gasteiger charge is -2.17. The predicted molar refractivity (Wildman–Crippen MR) is 97.1 cm³/mol. The van der Waals surface area contributed by atoms with Crippen molar-refractivity contribution < 1.29 is 13.2 Å². The van der Waals surface area contributed by atoms with Crippen LogP contribution in [-0.4, -0.2) is 51.1 Å². The number of aliphatic imine (C=N–C) groups is 1. The van der Waals surface area contributed by atoms with Crippen molar-refractivity contribution in [3.05, 3.63) is 23.9 Å². The summed E-state index contributed by atoms with van der Waals surface area (Å²) in [6.07, 6.45) is 4.49. The van der Waals surface area contributed by atoms with Gasteiger partial charge in [0.05, 0.1) is 12.4 Å². The third-order valence-electron chi connectivity index (χ3n) is 3.24. The first-order valence-electron chi connectivity index (χ1n) is 8.06. The highest BCUT2D eigenvalue weighted by molar-refractivity contribution is 7.90. The van der Waals surface area contributed by atoms with Crippen LogP contribution in [0.3, 0.4) is 0 Å². The van der Waals surface area contributed by atoms with Gasteiger partial charge in [0.2, 0.25) is 5.88 Å². The second-order valence-electron chi connectivity index (χ2n) is 5.74. The lowest BCUT2D eigenvalue weighted by Crippen LogP contribution is -2.42. The van der Waals surface area contributed by atoms with E-state index in [4.69, 9.17) is 4.74 Å². The van der Waals surface area contributed by atoms with E-state index in [1.54, 1.807) is 13.2 Å². The zero-order chi connectivity index (χ0) is 18.0. The number of hydrogen-bond acceptors (Lipinski definition) is 5. The summed E-state index contributed by atoms with van der Waals surface area (Å²) in [6.45, 7) is 5.21. The van der Waals surface area contributed by atoms with Crippen LogP contribution in [0.15, 0.2) is 23.3 Å². The van der Waals surface area contributed by atoms with E-state index >= 15 is 0 Å². The number of guanidine groups is 1. The van der Waals surface area contributed by atoms with Gasteiger partial charge >= 0.3 is 0 Å². The van der Waals surface area contributed by atoms with Gasteiger partial charge < -0.3 is 15.4 Å². The summed E-state index contributed by atoms with van der Waals surface area (Å²) in [4.78, 5) is 8.39. The number of aromatic nitrogens is 1. The largest absolute Gasteiger partial charge is 0.478 e. The topological polar surface area (TPSA) is 92.7 Å². The molecule has 1 unspecified atom stereocenters. The molecule has 0 saturated heterocycles. The second kappa shape index (κ2) is 10.1. The second-order valence-corrected chi connectivity index (χ2v) is 8.00. The average Bonchev–Trinajstić information content (AvgIpc) is 2.55. The van der Waals surface area contributed by atoms with Crippen molar-refractivity contribution in [2.75, 3.05) is 25.7 Å². The standard InChI is InChI=1S/C16H28N4O3S/c1-5-9-23-15-7-6-14(11-18-15)12-19-16(17-3)20-13(2)8-10-24(4,21)22/h6-7,11,13H,5,8-10,12H2,1-4H3,(H2,17,19,20). The molecule has 1 atom stereocenters. The summed E-state index contributed by atoms with van der Waals surface area (Å²) in [6, 6.07) is 3.80. The molecule has 136 valence electrons. The Morgan fingerprint density at radius 2 is 2.17 bits per heavy atom. The Morgan fingerprint density at radius 3 is 2.71 bits per heavy atom. The number of ether oxygens (including phenoxy) is 1. The maximum atomic E-state index is 11.2. The van der Waals surface area contributed by atoms with Crippen LogP contribution in [-0.2, 0) is 16.4 Å². The normalized spacial score (nSPS) is 13.4. The highest BCUT2D eigenvalue weighted by atomic mass is 32.2. The molecule has 0 radical (unpaired) electrons. The van der Waals surface area contributed by atoms with Gasteiger partial charge in [-0.2, -0.15) is 0 Å². The van der Waals surface area contributed by atoms with E-state index < -0.39 is 9.84 Å². The molecule has 0 aliphatic heterocycles. The fourth-order valence-electron chi connectivity index (χ4n) is 1.88. The van der Waals surface area contributed by atoms with Gasteiger partial charge in [0, 0.05) is 38.2 Å². The van der Waals surface area contributed by atoms with E-state index in [-0.39, 0.29) is 11.8 Å². The van der Waals surface area contributed by atoms with Crippen LogP contribution in [0.5, 0.6) is 5.88 Å². The molecule has 0 spiro atoms. The third kappa shape index (κ3) is 8.71. The zero-order valence-corrected chi connectivity index (χ0v) is 15.7. The fraction of sp³-hybridized carbons (Fsp3) is 0.625. The molecule has 1 aromatic heterocycles. The number of nitrogens with zero attached hydrogens (tertiary/aromatic N) is 2. The van der Waals surface area contributed by atoms with Gasteiger partial charge in [0.25, 0.3) is 0 Å². The molecule has 0 fully saturated rings. The molecule has 0 saturated carbocycles. The first kappa shape index (κ1) is 20.2. The predicted octanol–water partition coefficient (Wildman–Crippen LogP) is 1.36. The molecule has 0 amide bonds. The van der Waals surface area contributed by atoms with Crippen molar-refractivity contribution >= 4 is 15.8 Å². The van der Waals surface area contributed by atoms with Gasteiger partial charge in [-0.15, -0.1) is 0 Å². The number of sulfone groups is 1. The third-order valence-corrected chi connectivity index (χ3v) is 4.22. The van der Waals surface area contributed by atoms with Crippen molar-refractivity contribution in [1.29, 1.82) is 0 Å². The summed E-state index contributed by atoms with van der Waals surface area (Å²) < 4.78 is 27.9. The van der Waals surface area contributed by atoms with E-state index in [9.17, 15) is 8.42 Å². The quantitative estimate of drug-likeness (QED) is 0.513. The maximum absolute atomic E-state index is 11.2. The van der Waals surface area contributed by atoms with Crippen molar-refractivity contribution in [2.24, 2.45) is 4.99 Å². The van der Waals surface area contributed by atoms with Crippen LogP contribution in [0.25, 0.3) is 0 Å². The molecule has 1 rings (SSSR count). The Labute approximate surface area is 144 Å². The maximum Gasteiger partial charge on any atom is 0.213 e. The van der Waals surface area contributed by atoms with Crippen LogP contribution >= 0.6 is 0 Å². The molecule has 0 aliphatic rings. The molecule has 1 heterocycles. The Kier molecular flexibility index (Phi) is 8.53. The summed E-state index contributed by atoms with van der Waals surface area (Å²) in [5, 5.41) is 6.36. The molecule has 24 heavy (non-hydrogen) atoms. The number of nitrogens with one attached hydrogen (secondary N) is 2. The monoisotopic (exact) mass is 356 g/mol. The van der Waals surface area contributed by atoms with E-state index in [0.29, 0.717) is 31.4 Å². The highest BCUT2D eigenvalue weighted by Crippen LogP contribution is 2.07. The Bertz CT molecular complexity index is 615. The molecule has 7 nitrogen and oxygen atoms in total. The minimum absolute atomic E-state index is 0.00821.